The van der Waals surface area contributed by atoms with Crippen LogP contribution in [0.3, 0.4) is 0 Å². The predicted molar refractivity (Wildman–Crippen MR) is 60.9 cm³/mol. The number of halogens is 1. The lowest BCUT2D eigenvalue weighted by molar-refractivity contribution is 0.628. The Kier molecular flexibility index (Phi) is 2.68. The zero-order valence-corrected chi connectivity index (χ0v) is 8.76. The molecular weight excluding hydrogens is 207 g/mol. The summed E-state index contributed by atoms with van der Waals surface area (Å²) in [5.74, 6) is 0.246. The van der Waals surface area contributed by atoms with E-state index < -0.39 is 0 Å². The maximum absolute atomic E-state index is 12.7. The van der Waals surface area contributed by atoms with Gasteiger partial charge in [-0.2, -0.15) is 0 Å². The first kappa shape index (κ1) is 10.4. The van der Waals surface area contributed by atoms with Gasteiger partial charge in [0.05, 0.1) is 18.1 Å². The minimum atomic E-state index is -0.268. The van der Waals surface area contributed by atoms with Crippen LogP contribution in [0.4, 0.5) is 21.7 Å². The number of aromatic nitrogens is 2. The molecule has 0 bridgehead atoms. The quantitative estimate of drug-likeness (QED) is 0.837. The molecule has 1 heterocycles. The lowest BCUT2D eigenvalue weighted by Crippen LogP contribution is -2.12. The van der Waals surface area contributed by atoms with Gasteiger partial charge in [-0.1, -0.05) is 0 Å². The molecule has 0 radical (unpaired) electrons. The van der Waals surface area contributed by atoms with Crippen LogP contribution in [-0.2, 0) is 0 Å². The van der Waals surface area contributed by atoms with E-state index in [4.69, 9.17) is 5.73 Å². The first-order valence-electron chi connectivity index (χ1n) is 4.73. The average molecular weight is 218 g/mol. The molecule has 0 atom stereocenters. The summed E-state index contributed by atoms with van der Waals surface area (Å²) in [5, 5.41) is 0. The third-order valence-corrected chi connectivity index (χ3v) is 2.17. The summed E-state index contributed by atoms with van der Waals surface area (Å²) in [7, 11) is 1.80. The van der Waals surface area contributed by atoms with Crippen molar-refractivity contribution in [1.29, 1.82) is 0 Å². The Morgan fingerprint density at radius 1 is 1.12 bits per heavy atom. The molecule has 0 unspecified atom stereocenters. The molecule has 16 heavy (non-hydrogen) atoms. The molecule has 82 valence electrons. The van der Waals surface area contributed by atoms with Gasteiger partial charge in [0.25, 0.3) is 0 Å². The van der Waals surface area contributed by atoms with Crippen LogP contribution in [0.1, 0.15) is 0 Å². The summed E-state index contributed by atoms with van der Waals surface area (Å²) in [6.45, 7) is 0. The van der Waals surface area contributed by atoms with Crippen molar-refractivity contribution in [1.82, 2.24) is 9.97 Å². The maximum atomic E-state index is 12.7. The molecule has 0 saturated carbocycles. The van der Waals surface area contributed by atoms with Gasteiger partial charge in [-0.3, -0.25) is 0 Å². The molecule has 0 aliphatic carbocycles. The summed E-state index contributed by atoms with van der Waals surface area (Å²) >= 11 is 0. The average Bonchev–Trinajstić information content (AvgIpc) is 2.30. The molecule has 0 fully saturated rings. The standard InChI is InChI=1S/C11H11FN4/c1-16(10-4-2-8(12)3-5-10)11-14-6-9(13)7-15-11/h2-7H,13H2,1H3. The Balaban J connectivity index is 2.28. The van der Waals surface area contributed by atoms with Gasteiger partial charge in [-0.25, -0.2) is 14.4 Å². The topological polar surface area (TPSA) is 55.0 Å². The molecule has 1 aromatic heterocycles. The van der Waals surface area contributed by atoms with Gasteiger partial charge in [0.2, 0.25) is 5.95 Å². The lowest BCUT2D eigenvalue weighted by Gasteiger charge is -2.16. The van der Waals surface area contributed by atoms with Crippen LogP contribution >= 0.6 is 0 Å². The number of hydrogen-bond donors (Lipinski definition) is 1. The summed E-state index contributed by atoms with van der Waals surface area (Å²) < 4.78 is 12.7. The van der Waals surface area contributed by atoms with Crippen LogP contribution in [0.15, 0.2) is 36.7 Å². The Hall–Kier alpha value is -2.17. The van der Waals surface area contributed by atoms with Crippen molar-refractivity contribution in [3.8, 4) is 0 Å². The number of anilines is 3. The number of nitrogens with zero attached hydrogens (tertiary/aromatic N) is 3. The van der Waals surface area contributed by atoms with E-state index in [1.807, 2.05) is 0 Å². The molecule has 1 aromatic carbocycles. The number of nitrogens with two attached hydrogens (primary N) is 1. The molecule has 5 heteroatoms. The highest BCUT2D eigenvalue weighted by Gasteiger charge is 2.06. The van der Waals surface area contributed by atoms with Crippen molar-refractivity contribution in [2.45, 2.75) is 0 Å². The van der Waals surface area contributed by atoms with Crippen LogP contribution in [0.25, 0.3) is 0 Å². The SMILES string of the molecule is CN(c1ccc(F)cc1)c1ncc(N)cn1. The molecule has 0 aliphatic rings. The zero-order chi connectivity index (χ0) is 11.5. The second kappa shape index (κ2) is 4.14. The summed E-state index contributed by atoms with van der Waals surface area (Å²) in [6.07, 6.45) is 3.06. The van der Waals surface area contributed by atoms with Gasteiger partial charge < -0.3 is 10.6 Å². The minimum absolute atomic E-state index is 0.268. The van der Waals surface area contributed by atoms with E-state index in [9.17, 15) is 4.39 Å². The highest BCUT2D eigenvalue weighted by Crippen LogP contribution is 2.19. The monoisotopic (exact) mass is 218 g/mol. The van der Waals surface area contributed by atoms with Crippen molar-refractivity contribution in [3.05, 3.63) is 42.5 Å². The van der Waals surface area contributed by atoms with E-state index in [0.717, 1.165) is 5.69 Å². The molecule has 2 aromatic rings. The van der Waals surface area contributed by atoms with Crippen molar-refractivity contribution in [2.75, 3.05) is 17.7 Å². The summed E-state index contributed by atoms with van der Waals surface area (Å²) in [6, 6.07) is 6.11. The van der Waals surface area contributed by atoms with E-state index in [1.54, 1.807) is 24.1 Å². The minimum Gasteiger partial charge on any atom is -0.396 e. The highest BCUT2D eigenvalue weighted by atomic mass is 19.1. The van der Waals surface area contributed by atoms with Crippen molar-refractivity contribution in [3.63, 3.8) is 0 Å². The summed E-state index contributed by atoms with van der Waals surface area (Å²) in [5.41, 5.74) is 6.81. The molecule has 2 N–H and O–H groups in total. The fourth-order valence-corrected chi connectivity index (χ4v) is 1.28. The van der Waals surface area contributed by atoms with E-state index in [2.05, 4.69) is 9.97 Å². The van der Waals surface area contributed by atoms with Crippen LogP contribution in [0.2, 0.25) is 0 Å². The first-order valence-corrected chi connectivity index (χ1v) is 4.73. The lowest BCUT2D eigenvalue weighted by atomic mass is 10.3. The predicted octanol–water partition coefficient (Wildman–Crippen LogP) is 1.97. The van der Waals surface area contributed by atoms with E-state index in [1.165, 1.54) is 24.5 Å². The third kappa shape index (κ3) is 2.08. The first-order chi connectivity index (χ1) is 7.66. The second-order valence-corrected chi connectivity index (χ2v) is 3.35. The highest BCUT2D eigenvalue weighted by molar-refractivity contribution is 5.56. The molecule has 0 amide bonds. The van der Waals surface area contributed by atoms with E-state index >= 15 is 0 Å². The Bertz CT molecular complexity index is 421. The van der Waals surface area contributed by atoms with Crippen LogP contribution in [-0.4, -0.2) is 17.0 Å². The van der Waals surface area contributed by atoms with E-state index in [-0.39, 0.29) is 5.82 Å². The van der Waals surface area contributed by atoms with Crippen molar-refractivity contribution >= 4 is 17.3 Å². The van der Waals surface area contributed by atoms with Gasteiger partial charge >= 0.3 is 0 Å². The Morgan fingerprint density at radius 2 is 1.69 bits per heavy atom. The zero-order valence-electron chi connectivity index (χ0n) is 8.76. The van der Waals surface area contributed by atoms with Gasteiger partial charge in [0, 0.05) is 12.7 Å². The normalized spacial score (nSPS) is 10.1. The smallest absolute Gasteiger partial charge is 0.229 e. The number of rotatable bonds is 2. The molecule has 0 saturated heterocycles. The van der Waals surface area contributed by atoms with Gasteiger partial charge in [0.1, 0.15) is 5.82 Å². The Labute approximate surface area is 92.6 Å². The molecule has 2 rings (SSSR count). The van der Waals surface area contributed by atoms with Crippen molar-refractivity contribution < 1.29 is 4.39 Å². The van der Waals surface area contributed by atoms with Crippen LogP contribution in [0.5, 0.6) is 0 Å². The van der Waals surface area contributed by atoms with Crippen molar-refractivity contribution in [2.24, 2.45) is 0 Å². The van der Waals surface area contributed by atoms with E-state index in [0.29, 0.717) is 11.6 Å². The van der Waals surface area contributed by atoms with Gasteiger partial charge in [-0.05, 0) is 24.3 Å². The number of benzene rings is 1. The second-order valence-electron chi connectivity index (χ2n) is 3.35. The molecule has 4 nitrogen and oxygen atoms in total. The number of hydrogen-bond acceptors (Lipinski definition) is 4. The Morgan fingerprint density at radius 3 is 2.25 bits per heavy atom. The fourth-order valence-electron chi connectivity index (χ4n) is 1.28. The number of nitrogen functional groups attached to an aromatic ring is 1. The summed E-state index contributed by atoms with van der Waals surface area (Å²) in [4.78, 5) is 9.90. The largest absolute Gasteiger partial charge is 0.396 e. The van der Waals surface area contributed by atoms with Crippen LogP contribution < -0.4 is 10.6 Å². The van der Waals surface area contributed by atoms with Gasteiger partial charge in [0.15, 0.2) is 0 Å². The van der Waals surface area contributed by atoms with Gasteiger partial charge in [-0.15, -0.1) is 0 Å². The third-order valence-electron chi connectivity index (χ3n) is 2.17. The fraction of sp³-hybridized carbons (Fsp3) is 0.0909. The molecular formula is C11H11FN4. The molecule has 0 aliphatic heterocycles. The molecule has 0 spiro atoms. The van der Waals surface area contributed by atoms with Crippen LogP contribution in [0, 0.1) is 5.82 Å². The maximum Gasteiger partial charge on any atom is 0.229 e.